The number of nitrogens with two attached hydrogens (primary N) is 1. The molecule has 0 aliphatic carbocycles. The van der Waals surface area contributed by atoms with Crippen LogP contribution in [0.25, 0.3) is 0 Å². The second-order valence-electron chi connectivity index (χ2n) is 10.8. The van der Waals surface area contributed by atoms with Crippen molar-refractivity contribution in [1.82, 2.24) is 0 Å². The monoisotopic (exact) mass is 369 g/mol. The summed E-state index contributed by atoms with van der Waals surface area (Å²) in [6.07, 6.45) is 3.02. The first kappa shape index (κ1) is 24.9. The van der Waals surface area contributed by atoms with Gasteiger partial charge in [0.15, 0.2) is 0 Å². The molecule has 4 nitrogen and oxygen atoms in total. The molecule has 3 N–H and O–H groups in total. The van der Waals surface area contributed by atoms with E-state index < -0.39 is 17.3 Å². The van der Waals surface area contributed by atoms with E-state index in [4.69, 9.17) is 5.73 Å². The molecule has 1 amide bonds. The van der Waals surface area contributed by atoms with Gasteiger partial charge in [0.1, 0.15) is 0 Å². The lowest BCUT2D eigenvalue weighted by molar-refractivity contribution is -0.150. The van der Waals surface area contributed by atoms with Crippen molar-refractivity contribution in [3.8, 4) is 0 Å². The van der Waals surface area contributed by atoms with Crippen molar-refractivity contribution in [2.75, 3.05) is 0 Å². The van der Waals surface area contributed by atoms with Crippen LogP contribution < -0.4 is 5.73 Å². The molecule has 0 fully saturated rings. The van der Waals surface area contributed by atoms with E-state index in [0.717, 1.165) is 12.8 Å². The smallest absolute Gasteiger partial charge is 0.307 e. The van der Waals surface area contributed by atoms with E-state index in [9.17, 15) is 14.7 Å². The molecule has 0 aliphatic rings. The van der Waals surface area contributed by atoms with E-state index >= 15 is 0 Å². The third-order valence-corrected chi connectivity index (χ3v) is 7.26. The molecule has 0 aromatic carbocycles. The molecule has 3 atom stereocenters. The maximum Gasteiger partial charge on any atom is 0.307 e. The Morgan fingerprint density at radius 2 is 1.31 bits per heavy atom. The van der Waals surface area contributed by atoms with Crippen LogP contribution in [0, 0.1) is 33.5 Å². The van der Waals surface area contributed by atoms with Crippen molar-refractivity contribution >= 4 is 11.9 Å². The van der Waals surface area contributed by atoms with Crippen molar-refractivity contribution in [3.63, 3.8) is 0 Å². The van der Waals surface area contributed by atoms with E-state index in [1.54, 1.807) is 0 Å². The summed E-state index contributed by atoms with van der Waals surface area (Å²) in [4.78, 5) is 24.4. The predicted octanol–water partition coefficient (Wildman–Crippen LogP) is 5.49. The Kier molecular flexibility index (Phi) is 7.97. The van der Waals surface area contributed by atoms with Gasteiger partial charge in [0, 0.05) is 5.92 Å². The van der Waals surface area contributed by atoms with E-state index in [-0.39, 0.29) is 28.1 Å². The number of amides is 1. The minimum atomic E-state index is -0.766. The van der Waals surface area contributed by atoms with Gasteiger partial charge < -0.3 is 10.8 Å². The van der Waals surface area contributed by atoms with Crippen LogP contribution in [0.1, 0.15) is 94.9 Å². The number of primary amides is 1. The van der Waals surface area contributed by atoms with Gasteiger partial charge >= 0.3 is 5.97 Å². The Morgan fingerprint density at radius 3 is 1.58 bits per heavy atom. The van der Waals surface area contributed by atoms with Crippen LogP contribution in [0.4, 0.5) is 0 Å². The van der Waals surface area contributed by atoms with Gasteiger partial charge in [-0.1, -0.05) is 82.1 Å². The zero-order chi connectivity index (χ0) is 21.1. The van der Waals surface area contributed by atoms with Gasteiger partial charge in [0.2, 0.25) is 5.91 Å². The largest absolute Gasteiger partial charge is 0.481 e. The lowest BCUT2D eigenvalue weighted by atomic mass is 9.52. The third-order valence-electron chi connectivity index (χ3n) is 7.26. The maximum absolute atomic E-state index is 12.4. The molecular formula is C22H43NO3. The fourth-order valence-electron chi connectivity index (χ4n) is 3.91. The highest BCUT2D eigenvalue weighted by molar-refractivity contribution is 5.77. The number of hydrogen-bond acceptors (Lipinski definition) is 2. The first-order valence-electron chi connectivity index (χ1n) is 9.97. The van der Waals surface area contributed by atoms with Gasteiger partial charge in [0.25, 0.3) is 0 Å². The van der Waals surface area contributed by atoms with Crippen molar-refractivity contribution < 1.29 is 14.7 Å². The minimum absolute atomic E-state index is 0.0157. The quantitative estimate of drug-likeness (QED) is 0.534. The zero-order valence-electron chi connectivity index (χ0n) is 18.8. The molecule has 26 heavy (non-hydrogen) atoms. The summed E-state index contributed by atoms with van der Waals surface area (Å²) in [6.45, 7) is 20.8. The van der Waals surface area contributed by atoms with Crippen LogP contribution in [0.2, 0.25) is 0 Å². The normalized spacial score (nSPS) is 18.1. The van der Waals surface area contributed by atoms with Gasteiger partial charge in [-0.3, -0.25) is 9.59 Å². The first-order chi connectivity index (χ1) is 11.4. The molecule has 0 aliphatic heterocycles. The molecule has 0 heterocycles. The molecule has 0 aromatic rings. The SMILES string of the molecule is CCC(C)(C)CC(C(N)=O)C(C)(C)C(C)(CC)CC(C(=O)O)C(C)(C)C. The first-order valence-corrected chi connectivity index (χ1v) is 9.97. The Hall–Kier alpha value is -1.06. The van der Waals surface area contributed by atoms with Crippen molar-refractivity contribution in [2.24, 2.45) is 39.2 Å². The minimum Gasteiger partial charge on any atom is -0.481 e. The van der Waals surface area contributed by atoms with Gasteiger partial charge in [-0.15, -0.1) is 0 Å². The molecule has 0 saturated heterocycles. The van der Waals surface area contributed by atoms with Crippen LogP contribution in [0.5, 0.6) is 0 Å². The number of carbonyl (C=O) groups excluding carboxylic acids is 1. The van der Waals surface area contributed by atoms with E-state index in [0.29, 0.717) is 12.8 Å². The number of carbonyl (C=O) groups is 2. The Bertz CT molecular complexity index is 502. The number of rotatable bonds is 10. The average Bonchev–Trinajstić information content (AvgIpc) is 2.47. The zero-order valence-corrected chi connectivity index (χ0v) is 18.8. The molecule has 154 valence electrons. The Labute approximate surface area is 161 Å². The second-order valence-corrected chi connectivity index (χ2v) is 10.8. The highest BCUT2D eigenvalue weighted by Crippen LogP contribution is 2.55. The number of carboxylic acid groups (broad SMARTS) is 1. The summed E-state index contributed by atoms with van der Waals surface area (Å²) in [5.74, 6) is -1.81. The summed E-state index contributed by atoms with van der Waals surface area (Å²) >= 11 is 0. The number of carboxylic acids is 1. The van der Waals surface area contributed by atoms with Gasteiger partial charge in [-0.25, -0.2) is 0 Å². The molecule has 0 radical (unpaired) electrons. The Morgan fingerprint density at radius 1 is 0.846 bits per heavy atom. The van der Waals surface area contributed by atoms with Crippen molar-refractivity contribution in [3.05, 3.63) is 0 Å². The van der Waals surface area contributed by atoms with Crippen LogP contribution in [-0.2, 0) is 9.59 Å². The number of hydrogen-bond donors (Lipinski definition) is 2. The standard InChI is InChI=1S/C22H43NO3/c1-11-20(6,7)13-15(17(23)24)21(8,9)22(10,12-2)14-16(18(25)26)19(3,4)5/h15-16H,11-14H2,1-10H3,(H2,23,24)(H,25,26). The lowest BCUT2D eigenvalue weighted by Crippen LogP contribution is -2.49. The highest BCUT2D eigenvalue weighted by atomic mass is 16.4. The fraction of sp³-hybridized carbons (Fsp3) is 0.909. The molecule has 3 unspecified atom stereocenters. The topological polar surface area (TPSA) is 80.4 Å². The summed E-state index contributed by atoms with van der Waals surface area (Å²) in [6, 6.07) is 0. The van der Waals surface area contributed by atoms with Gasteiger partial charge in [-0.05, 0) is 34.5 Å². The second kappa shape index (κ2) is 8.31. The summed E-state index contributed by atoms with van der Waals surface area (Å²) in [5.41, 5.74) is 4.81. The molecule has 0 aromatic heterocycles. The molecule has 0 bridgehead atoms. The maximum atomic E-state index is 12.4. The van der Waals surface area contributed by atoms with E-state index in [2.05, 4.69) is 48.5 Å². The van der Waals surface area contributed by atoms with Crippen molar-refractivity contribution in [1.29, 1.82) is 0 Å². The average molecular weight is 370 g/mol. The predicted molar refractivity (Wildman–Crippen MR) is 109 cm³/mol. The van der Waals surface area contributed by atoms with Gasteiger partial charge in [-0.2, -0.15) is 0 Å². The van der Waals surface area contributed by atoms with E-state index in [1.165, 1.54) is 0 Å². The van der Waals surface area contributed by atoms with Crippen molar-refractivity contribution in [2.45, 2.75) is 94.9 Å². The molecule has 4 heteroatoms. The summed E-state index contributed by atoms with van der Waals surface area (Å²) in [5, 5.41) is 9.81. The lowest BCUT2D eigenvalue weighted by Gasteiger charge is -2.51. The van der Waals surface area contributed by atoms with Crippen LogP contribution in [0.15, 0.2) is 0 Å². The van der Waals surface area contributed by atoms with E-state index in [1.807, 2.05) is 20.8 Å². The van der Waals surface area contributed by atoms with Crippen LogP contribution in [0.3, 0.4) is 0 Å². The van der Waals surface area contributed by atoms with Crippen LogP contribution >= 0.6 is 0 Å². The molecule has 0 spiro atoms. The van der Waals surface area contributed by atoms with Gasteiger partial charge in [0.05, 0.1) is 5.92 Å². The fourth-order valence-corrected chi connectivity index (χ4v) is 3.91. The molecule has 0 rings (SSSR count). The van der Waals surface area contributed by atoms with Crippen LogP contribution in [-0.4, -0.2) is 17.0 Å². The summed E-state index contributed by atoms with van der Waals surface area (Å²) < 4.78 is 0. The molecular weight excluding hydrogens is 326 g/mol. The number of aliphatic carboxylic acids is 1. The third kappa shape index (κ3) is 5.72. The Balaban J connectivity index is 6.03. The molecule has 0 saturated carbocycles. The highest BCUT2D eigenvalue weighted by Gasteiger charge is 2.51. The summed E-state index contributed by atoms with van der Waals surface area (Å²) in [7, 11) is 0.